The Labute approximate surface area is 250 Å². The molecule has 5 rings (SSSR count). The number of aromatic amines is 1. The zero-order valence-corrected chi connectivity index (χ0v) is 25.2. The Hall–Kier alpha value is -4.43. The maximum absolute atomic E-state index is 13.5. The summed E-state index contributed by atoms with van der Waals surface area (Å²) in [7, 11) is 0. The highest BCUT2D eigenvalue weighted by atomic mass is 32.1. The van der Waals surface area contributed by atoms with Gasteiger partial charge in [-0.1, -0.05) is 72.3 Å². The highest BCUT2D eigenvalue weighted by Gasteiger charge is 2.29. The Kier molecular flexibility index (Phi) is 9.03. The Morgan fingerprint density at radius 3 is 2.64 bits per heavy atom. The van der Waals surface area contributed by atoms with Crippen molar-refractivity contribution in [2.75, 3.05) is 6.61 Å². The van der Waals surface area contributed by atoms with Crippen molar-refractivity contribution in [1.29, 1.82) is 0 Å². The number of thiophene rings is 1. The van der Waals surface area contributed by atoms with E-state index in [4.69, 9.17) is 4.74 Å². The SMILES string of the molecule is C/C=C\c1c(CC(NC(=O)OCC2C(C)=C(C)c3ccccc32)C(=O)NCc2ncc(-c3ccccc3)[nH]2)csc1C. The molecule has 0 fully saturated rings. The summed E-state index contributed by atoms with van der Waals surface area (Å²) in [4.78, 5) is 35.4. The van der Waals surface area contributed by atoms with E-state index in [1.54, 1.807) is 17.5 Å². The maximum atomic E-state index is 13.5. The lowest BCUT2D eigenvalue weighted by Crippen LogP contribution is -2.48. The van der Waals surface area contributed by atoms with Crippen LogP contribution in [0.1, 0.15) is 59.6 Å². The van der Waals surface area contributed by atoms with Crippen LogP contribution in [0.2, 0.25) is 0 Å². The average Bonchev–Trinajstić information content (AvgIpc) is 3.68. The number of fused-ring (bicyclic) bond motifs is 1. The van der Waals surface area contributed by atoms with E-state index in [0.29, 0.717) is 12.2 Å². The average molecular weight is 581 g/mol. The van der Waals surface area contributed by atoms with Crippen LogP contribution in [0.4, 0.5) is 4.79 Å². The van der Waals surface area contributed by atoms with Gasteiger partial charge in [-0.2, -0.15) is 0 Å². The summed E-state index contributed by atoms with van der Waals surface area (Å²) in [5.41, 5.74) is 8.72. The van der Waals surface area contributed by atoms with E-state index in [0.717, 1.165) is 32.8 Å². The molecule has 4 aromatic rings. The molecule has 2 amide bonds. The highest BCUT2D eigenvalue weighted by Crippen LogP contribution is 2.41. The third kappa shape index (κ3) is 6.39. The van der Waals surface area contributed by atoms with Crippen LogP contribution < -0.4 is 10.6 Å². The first-order chi connectivity index (χ1) is 20.4. The third-order valence-electron chi connectivity index (χ3n) is 7.85. The summed E-state index contributed by atoms with van der Waals surface area (Å²) in [5, 5.41) is 7.84. The number of hydrogen-bond acceptors (Lipinski definition) is 5. The molecule has 0 radical (unpaired) electrons. The highest BCUT2D eigenvalue weighted by molar-refractivity contribution is 7.10. The number of aryl methyl sites for hydroxylation is 1. The molecule has 2 unspecified atom stereocenters. The van der Waals surface area contributed by atoms with E-state index >= 15 is 0 Å². The molecule has 1 aliphatic rings. The van der Waals surface area contributed by atoms with Gasteiger partial charge in [-0.05, 0) is 66.5 Å². The van der Waals surface area contributed by atoms with Crippen molar-refractivity contribution in [3.63, 3.8) is 0 Å². The van der Waals surface area contributed by atoms with Crippen LogP contribution >= 0.6 is 11.3 Å². The van der Waals surface area contributed by atoms with Gasteiger partial charge in [-0.3, -0.25) is 4.79 Å². The van der Waals surface area contributed by atoms with E-state index in [9.17, 15) is 9.59 Å². The van der Waals surface area contributed by atoms with E-state index in [1.807, 2.05) is 66.9 Å². The quantitative estimate of drug-likeness (QED) is 0.188. The van der Waals surface area contributed by atoms with Crippen LogP contribution in [-0.4, -0.2) is 34.6 Å². The summed E-state index contributed by atoms with van der Waals surface area (Å²) >= 11 is 1.63. The molecule has 0 bridgehead atoms. The van der Waals surface area contributed by atoms with Crippen molar-refractivity contribution in [3.8, 4) is 11.3 Å². The van der Waals surface area contributed by atoms with E-state index < -0.39 is 12.1 Å². The molecular formula is C34H36N4O3S. The first kappa shape index (κ1) is 29.1. The smallest absolute Gasteiger partial charge is 0.407 e. The zero-order chi connectivity index (χ0) is 29.6. The van der Waals surface area contributed by atoms with Gasteiger partial charge in [0.25, 0.3) is 0 Å². The largest absolute Gasteiger partial charge is 0.449 e. The summed E-state index contributed by atoms with van der Waals surface area (Å²) in [6, 6.07) is 17.3. The van der Waals surface area contributed by atoms with Crippen LogP contribution in [0, 0.1) is 6.92 Å². The molecule has 2 aromatic heterocycles. The predicted molar refractivity (Wildman–Crippen MR) is 169 cm³/mol. The van der Waals surface area contributed by atoms with Crippen LogP contribution in [-0.2, 0) is 22.5 Å². The molecule has 0 saturated carbocycles. The number of aromatic nitrogens is 2. The number of H-pyrrole nitrogens is 1. The third-order valence-corrected chi connectivity index (χ3v) is 8.82. The van der Waals surface area contributed by atoms with Crippen LogP contribution in [0.3, 0.4) is 0 Å². The van der Waals surface area contributed by atoms with E-state index in [-0.39, 0.29) is 25.0 Å². The summed E-state index contributed by atoms with van der Waals surface area (Å²) in [6.45, 7) is 8.60. The normalized spacial score (nSPS) is 15.1. The lowest BCUT2D eigenvalue weighted by Gasteiger charge is -2.20. The minimum absolute atomic E-state index is 0.00203. The monoisotopic (exact) mass is 580 g/mol. The topological polar surface area (TPSA) is 96.1 Å². The summed E-state index contributed by atoms with van der Waals surface area (Å²) in [6.07, 6.45) is 5.49. The molecule has 2 aromatic carbocycles. The Morgan fingerprint density at radius 1 is 1.10 bits per heavy atom. The number of nitrogens with one attached hydrogen (secondary N) is 3. The standard InChI is InChI=1S/C34H36N4O3S/c1-5-11-27-23(4)42-20-25(27)16-30(33(39)36-18-32-35-17-31(37-32)24-12-7-6-8-13-24)38-34(40)41-19-29-22(3)21(2)26-14-9-10-15-28(26)29/h5-15,17,20,29-30H,16,18-19H2,1-4H3,(H,35,37)(H,36,39)(H,38,40)/b11-5-. The van der Waals surface area contributed by atoms with Gasteiger partial charge in [-0.25, -0.2) is 9.78 Å². The number of rotatable bonds is 10. The predicted octanol–water partition coefficient (Wildman–Crippen LogP) is 7.02. The molecule has 8 heteroatoms. The Balaban J connectivity index is 1.27. The molecule has 2 atom stereocenters. The maximum Gasteiger partial charge on any atom is 0.407 e. The minimum atomic E-state index is -0.826. The summed E-state index contributed by atoms with van der Waals surface area (Å²) in [5.74, 6) is 0.317. The molecule has 0 aliphatic heterocycles. The fourth-order valence-corrected chi connectivity index (χ4v) is 6.28. The molecule has 42 heavy (non-hydrogen) atoms. The number of hydrogen-bond donors (Lipinski definition) is 3. The minimum Gasteiger partial charge on any atom is -0.449 e. The molecule has 3 N–H and O–H groups in total. The fraction of sp³-hybridized carbons (Fsp3) is 0.265. The van der Waals surface area contributed by atoms with Gasteiger partial charge >= 0.3 is 6.09 Å². The van der Waals surface area contributed by atoms with Gasteiger partial charge in [0.15, 0.2) is 0 Å². The van der Waals surface area contributed by atoms with E-state index in [1.165, 1.54) is 16.7 Å². The first-order valence-corrected chi connectivity index (χ1v) is 15.0. The molecule has 2 heterocycles. The number of alkyl carbamates (subject to hydrolysis) is 1. The number of ether oxygens (including phenoxy) is 1. The number of imidazole rings is 1. The molecule has 216 valence electrons. The van der Waals surface area contributed by atoms with Gasteiger partial charge in [0.2, 0.25) is 5.91 Å². The lowest BCUT2D eigenvalue weighted by atomic mass is 9.98. The van der Waals surface area contributed by atoms with Gasteiger partial charge in [0.1, 0.15) is 18.5 Å². The molecule has 1 aliphatic carbocycles. The van der Waals surface area contributed by atoms with Crippen LogP contribution in [0.15, 0.2) is 77.8 Å². The molecule has 7 nitrogen and oxygen atoms in total. The van der Waals surface area contributed by atoms with Gasteiger partial charge in [0.05, 0.1) is 18.4 Å². The number of carbonyl (C=O) groups excluding carboxylic acids is 2. The number of amides is 2. The van der Waals surface area contributed by atoms with Crippen molar-refractivity contribution in [2.45, 2.75) is 52.6 Å². The second-order valence-electron chi connectivity index (χ2n) is 10.5. The lowest BCUT2D eigenvalue weighted by molar-refractivity contribution is -0.123. The first-order valence-electron chi connectivity index (χ1n) is 14.1. The second kappa shape index (κ2) is 13.0. The second-order valence-corrected chi connectivity index (χ2v) is 11.6. The van der Waals surface area contributed by atoms with Crippen molar-refractivity contribution >= 4 is 35.0 Å². The van der Waals surface area contributed by atoms with Crippen molar-refractivity contribution < 1.29 is 14.3 Å². The van der Waals surface area contributed by atoms with Crippen molar-refractivity contribution in [1.82, 2.24) is 20.6 Å². The van der Waals surface area contributed by atoms with E-state index in [2.05, 4.69) is 53.5 Å². The molecular weight excluding hydrogens is 544 g/mol. The fourth-order valence-electron chi connectivity index (χ4n) is 5.41. The molecule has 0 spiro atoms. The number of allylic oxidation sites excluding steroid dienone is 2. The van der Waals surface area contributed by atoms with Gasteiger partial charge in [-0.15, -0.1) is 11.3 Å². The van der Waals surface area contributed by atoms with Crippen LogP contribution in [0.25, 0.3) is 22.9 Å². The van der Waals surface area contributed by atoms with Crippen LogP contribution in [0.5, 0.6) is 0 Å². The zero-order valence-electron chi connectivity index (χ0n) is 24.4. The van der Waals surface area contributed by atoms with Gasteiger partial charge < -0.3 is 20.4 Å². The number of benzene rings is 2. The summed E-state index contributed by atoms with van der Waals surface area (Å²) < 4.78 is 5.72. The van der Waals surface area contributed by atoms with Crippen molar-refractivity contribution in [2.24, 2.45) is 0 Å². The Bertz CT molecular complexity index is 1630. The number of nitrogens with zero attached hydrogens (tertiary/aromatic N) is 1. The van der Waals surface area contributed by atoms with Gasteiger partial charge in [0, 0.05) is 17.2 Å². The Morgan fingerprint density at radius 2 is 1.86 bits per heavy atom. The number of carbonyl (C=O) groups is 2. The van der Waals surface area contributed by atoms with Crippen molar-refractivity contribution in [3.05, 3.63) is 111 Å². The molecule has 0 saturated heterocycles.